The summed E-state index contributed by atoms with van der Waals surface area (Å²) in [6.45, 7) is 13.0. The van der Waals surface area contributed by atoms with E-state index in [4.69, 9.17) is 26.4 Å². The topological polar surface area (TPSA) is 187 Å². The van der Waals surface area contributed by atoms with E-state index >= 15 is 0 Å². The summed E-state index contributed by atoms with van der Waals surface area (Å²) in [6.07, 6.45) is -3.79. The van der Waals surface area contributed by atoms with Crippen LogP contribution in [0.2, 0.25) is 0 Å². The number of thiocarbonyl (C=S) groups is 1. The average molecular weight is 1020 g/mol. The summed E-state index contributed by atoms with van der Waals surface area (Å²) in [7, 11) is 0. The van der Waals surface area contributed by atoms with Gasteiger partial charge >= 0.3 is 6.18 Å². The van der Waals surface area contributed by atoms with Gasteiger partial charge in [0.25, 0.3) is 5.91 Å². The third-order valence-electron chi connectivity index (χ3n) is 12.1. The number of nitrogens with zero attached hydrogens (tertiary/aromatic N) is 5. The van der Waals surface area contributed by atoms with Crippen LogP contribution < -0.4 is 25.2 Å². The number of carbonyl (C=O) groups excluding carboxylic acids is 4. The zero-order valence-electron chi connectivity index (χ0n) is 40.6. The number of carbonyl (C=O) groups is 4. The number of nitrogens with one attached hydrogen (secondary N) is 2. The van der Waals surface area contributed by atoms with Crippen LogP contribution in [0.5, 0.6) is 5.75 Å². The van der Waals surface area contributed by atoms with E-state index in [9.17, 15) is 42.7 Å². The number of nitriles is 1. The van der Waals surface area contributed by atoms with Crippen molar-refractivity contribution < 1.29 is 51.7 Å². The number of amides is 4. The Morgan fingerprint density at radius 1 is 0.958 bits per heavy atom. The van der Waals surface area contributed by atoms with Crippen molar-refractivity contribution >= 4 is 63.7 Å². The number of ether oxygens (including phenoxy) is 3. The van der Waals surface area contributed by atoms with E-state index in [1.807, 2.05) is 52.0 Å². The van der Waals surface area contributed by atoms with Crippen LogP contribution in [0.4, 0.5) is 24.5 Å². The number of hydrogen-bond donors (Lipinski definition) is 3. The summed E-state index contributed by atoms with van der Waals surface area (Å²) in [6, 6.07) is 17.5. The van der Waals surface area contributed by atoms with Crippen LogP contribution in [-0.4, -0.2) is 107 Å². The van der Waals surface area contributed by atoms with Gasteiger partial charge in [0.2, 0.25) is 17.7 Å². The number of aryl methyl sites for hydroxylation is 1. The summed E-state index contributed by atoms with van der Waals surface area (Å²) in [4.78, 5) is 63.4. The van der Waals surface area contributed by atoms with E-state index in [0.717, 1.165) is 38.7 Å². The van der Waals surface area contributed by atoms with Crippen molar-refractivity contribution in [1.82, 2.24) is 20.5 Å². The van der Waals surface area contributed by atoms with Crippen molar-refractivity contribution in [3.63, 3.8) is 0 Å². The molecular weight excluding hydrogens is 960 g/mol. The molecular formula is C51H60F3N7O8S2. The molecule has 4 aromatic rings. The number of likely N-dealkylation sites (tertiary alicyclic amines) is 1. The molecule has 6 rings (SSSR count). The third kappa shape index (κ3) is 13.5. The lowest BCUT2D eigenvalue weighted by atomic mass is 9.85. The minimum absolute atomic E-state index is 0.00604. The highest BCUT2D eigenvalue weighted by Crippen LogP contribution is 2.40. The van der Waals surface area contributed by atoms with Gasteiger partial charge in [-0.25, -0.2) is 4.98 Å². The molecule has 4 amide bonds. The van der Waals surface area contributed by atoms with Gasteiger partial charge in [-0.1, -0.05) is 45.0 Å². The molecule has 20 heteroatoms. The summed E-state index contributed by atoms with van der Waals surface area (Å²) in [5.74, 6) is -1.09. The van der Waals surface area contributed by atoms with Crippen LogP contribution in [0.25, 0.3) is 10.4 Å². The van der Waals surface area contributed by atoms with Gasteiger partial charge in [0, 0.05) is 64.5 Å². The number of thiazole rings is 1. The number of rotatable bonds is 21. The molecule has 0 bridgehead atoms. The molecule has 3 heterocycles. The number of alkyl halides is 3. The molecule has 1 unspecified atom stereocenters. The first-order valence-corrected chi connectivity index (χ1v) is 24.6. The monoisotopic (exact) mass is 1020 g/mol. The van der Waals surface area contributed by atoms with E-state index in [-0.39, 0.29) is 48.5 Å². The van der Waals surface area contributed by atoms with Crippen LogP contribution in [0, 0.1) is 23.7 Å². The number of aliphatic hydroxyl groups is 1. The molecule has 2 saturated heterocycles. The standard InChI is InChI=1S/C51H60F3N7O8S2/c1-32-43(71-31-57-32)34-13-11-33(12-14-34)29-56-45(64)41-27-38(62)30-59(41)46(65)44(49(2,3)4)58-42(63)10-7-21-67-22-8-23-68-24-9-25-69-39-19-17-36(18-20-39)61-48(70)60(47(66)50(61,5)6)37-16-15-35(28-55)40(26-37)51(52,53)54/h11-20,26,31,38,41,44,62H,7-10,21-25,27,29-30H2,1-6H3,(H,56,64)(H,58,63)/t38-,41+,44?/m1/s1. The maximum atomic E-state index is 14.0. The lowest BCUT2D eigenvalue weighted by molar-refractivity contribution is -0.144. The molecule has 0 aliphatic carbocycles. The fourth-order valence-corrected chi connectivity index (χ4v) is 9.65. The molecule has 380 valence electrons. The fraction of sp³-hybridized carbons (Fsp3) is 0.471. The molecule has 3 aromatic carbocycles. The second kappa shape index (κ2) is 23.5. The lowest BCUT2D eigenvalue weighted by Gasteiger charge is -2.35. The smallest absolute Gasteiger partial charge is 0.417 e. The Morgan fingerprint density at radius 2 is 1.59 bits per heavy atom. The molecule has 0 saturated carbocycles. The van der Waals surface area contributed by atoms with Gasteiger partial charge < -0.3 is 39.8 Å². The number of hydrogen-bond acceptors (Lipinski definition) is 12. The van der Waals surface area contributed by atoms with Gasteiger partial charge in [0.15, 0.2) is 5.11 Å². The van der Waals surface area contributed by atoms with E-state index in [1.54, 1.807) is 65.9 Å². The molecule has 0 spiro atoms. The second-order valence-electron chi connectivity index (χ2n) is 19.0. The van der Waals surface area contributed by atoms with Gasteiger partial charge in [-0.2, -0.15) is 18.4 Å². The van der Waals surface area contributed by atoms with Gasteiger partial charge in [-0.3, -0.25) is 24.1 Å². The molecule has 2 fully saturated rings. The first kappa shape index (κ1) is 54.4. The average Bonchev–Trinajstić information content (AvgIpc) is 3.99. The number of benzene rings is 3. The highest BCUT2D eigenvalue weighted by molar-refractivity contribution is 7.81. The van der Waals surface area contributed by atoms with Gasteiger partial charge in [0.1, 0.15) is 23.4 Å². The van der Waals surface area contributed by atoms with E-state index in [1.165, 1.54) is 11.0 Å². The number of aliphatic hydroxyl groups excluding tert-OH is 1. The quantitative estimate of drug-likeness (QED) is 0.0546. The Morgan fingerprint density at radius 3 is 2.20 bits per heavy atom. The fourth-order valence-electron chi connectivity index (χ4n) is 8.32. The van der Waals surface area contributed by atoms with Crippen LogP contribution in [0.3, 0.4) is 0 Å². The predicted octanol–water partition coefficient (Wildman–Crippen LogP) is 7.71. The minimum Gasteiger partial charge on any atom is -0.494 e. The third-order valence-corrected chi connectivity index (χ3v) is 13.5. The zero-order chi connectivity index (χ0) is 51.7. The molecule has 3 N–H and O–H groups in total. The van der Waals surface area contributed by atoms with Crippen LogP contribution in [0.1, 0.15) is 89.1 Å². The Hall–Kier alpha value is -5.98. The Labute approximate surface area is 421 Å². The largest absolute Gasteiger partial charge is 0.494 e. The Balaban J connectivity index is 0.851. The molecule has 15 nitrogen and oxygen atoms in total. The maximum absolute atomic E-state index is 14.0. The lowest BCUT2D eigenvalue weighted by Crippen LogP contribution is -2.57. The van der Waals surface area contributed by atoms with E-state index < -0.39 is 58.3 Å². The van der Waals surface area contributed by atoms with Crippen molar-refractivity contribution in [3.05, 3.63) is 94.6 Å². The number of aromatic nitrogens is 1. The van der Waals surface area contributed by atoms with Crippen LogP contribution in [0.15, 0.2) is 72.2 Å². The van der Waals surface area contributed by atoms with Gasteiger partial charge in [-0.05, 0) is 105 Å². The van der Waals surface area contributed by atoms with Crippen molar-refractivity contribution in [3.8, 4) is 22.3 Å². The number of β-amino-alcohol motifs (C(OH)–C–C–N with tert-alkyl or cyclic N) is 1. The van der Waals surface area contributed by atoms with Crippen molar-refractivity contribution in [2.24, 2.45) is 5.41 Å². The normalized spacial score (nSPS) is 17.3. The Kier molecular flexibility index (Phi) is 18.0. The van der Waals surface area contributed by atoms with Gasteiger partial charge in [0.05, 0.1) is 51.7 Å². The summed E-state index contributed by atoms with van der Waals surface area (Å²) >= 11 is 7.18. The Bertz CT molecular complexity index is 2580. The van der Waals surface area contributed by atoms with Crippen molar-refractivity contribution in [1.29, 1.82) is 5.26 Å². The zero-order valence-corrected chi connectivity index (χ0v) is 42.3. The first-order valence-electron chi connectivity index (χ1n) is 23.3. The van der Waals surface area contributed by atoms with Crippen molar-refractivity contribution in [2.45, 2.75) is 110 Å². The molecule has 0 radical (unpaired) electrons. The highest BCUT2D eigenvalue weighted by Gasteiger charge is 2.51. The highest BCUT2D eigenvalue weighted by atomic mass is 32.1. The maximum Gasteiger partial charge on any atom is 0.417 e. The molecule has 2 aliphatic heterocycles. The number of halogens is 3. The minimum atomic E-state index is -4.80. The van der Waals surface area contributed by atoms with E-state index in [0.29, 0.717) is 63.7 Å². The second-order valence-corrected chi connectivity index (χ2v) is 20.2. The van der Waals surface area contributed by atoms with Crippen molar-refractivity contribution in [2.75, 3.05) is 49.4 Å². The molecule has 71 heavy (non-hydrogen) atoms. The number of anilines is 2. The summed E-state index contributed by atoms with van der Waals surface area (Å²) < 4.78 is 58.4. The first-order chi connectivity index (χ1) is 33.6. The van der Waals surface area contributed by atoms with E-state index in [2.05, 4.69) is 15.6 Å². The SMILES string of the molecule is Cc1ncsc1-c1ccc(CNC(=O)[C@@H]2C[C@@H](O)CN2C(=O)C(NC(=O)CCCOCCCOCCCOc2ccc(N3C(=S)N(c4ccc(C#N)c(C(F)(F)F)c4)C(=O)C3(C)C)cc2)C(C)(C)C)cc1. The van der Waals surface area contributed by atoms with Crippen LogP contribution >= 0.6 is 23.6 Å². The summed E-state index contributed by atoms with van der Waals surface area (Å²) in [5, 5.41) is 25.5. The molecule has 3 atom stereocenters. The van der Waals surface area contributed by atoms with Crippen LogP contribution in [-0.2, 0) is 41.4 Å². The van der Waals surface area contributed by atoms with Gasteiger partial charge in [-0.15, -0.1) is 11.3 Å². The molecule has 2 aliphatic rings. The predicted molar refractivity (Wildman–Crippen MR) is 266 cm³/mol. The summed E-state index contributed by atoms with van der Waals surface area (Å²) in [5.41, 5.74) is 1.52. The molecule has 1 aromatic heterocycles.